The van der Waals surface area contributed by atoms with Gasteiger partial charge in [0.25, 0.3) is 0 Å². The molecule has 1 aliphatic heterocycles. The second-order valence-electron chi connectivity index (χ2n) is 9.16. The highest BCUT2D eigenvalue weighted by Gasteiger charge is 2.15. The van der Waals surface area contributed by atoms with Crippen LogP contribution < -0.4 is 10.6 Å². The monoisotopic (exact) mass is 489 g/mol. The Morgan fingerprint density at radius 1 is 0.784 bits per heavy atom. The van der Waals surface area contributed by atoms with Gasteiger partial charge in [-0.2, -0.15) is 0 Å². The Morgan fingerprint density at radius 3 is 2.46 bits per heavy atom. The van der Waals surface area contributed by atoms with Gasteiger partial charge in [0.15, 0.2) is 5.82 Å². The summed E-state index contributed by atoms with van der Waals surface area (Å²) in [7, 11) is 2.17. The van der Waals surface area contributed by atoms with E-state index in [-0.39, 0.29) is 0 Å². The minimum Gasteiger partial charge on any atom is -0.384 e. The zero-order valence-electron chi connectivity index (χ0n) is 20.6. The maximum atomic E-state index is 5.77. The summed E-state index contributed by atoms with van der Waals surface area (Å²) >= 11 is 0. The van der Waals surface area contributed by atoms with Crippen LogP contribution in [0.25, 0.3) is 40.4 Å². The molecule has 0 radical (unpaired) electrons. The number of rotatable bonds is 5. The molecule has 184 valence electrons. The van der Waals surface area contributed by atoms with Crippen LogP contribution in [0.4, 0.5) is 11.5 Å². The van der Waals surface area contributed by atoms with E-state index in [1.165, 1.54) is 5.69 Å². The Kier molecular flexibility index (Phi) is 6.03. The van der Waals surface area contributed by atoms with Crippen LogP contribution in [0, 0.1) is 0 Å². The maximum Gasteiger partial charge on any atom is 0.234 e. The predicted octanol–water partition coefficient (Wildman–Crippen LogP) is 3.78. The summed E-state index contributed by atoms with van der Waals surface area (Å²) in [5.74, 6) is 1.59. The number of anilines is 2. The number of hydrogen-bond acceptors (Lipinski definition) is 8. The molecule has 9 nitrogen and oxygen atoms in total. The highest BCUT2D eigenvalue weighted by molar-refractivity contribution is 5.86. The summed E-state index contributed by atoms with van der Waals surface area (Å²) in [5, 5.41) is 2.30. The lowest BCUT2D eigenvalue weighted by Gasteiger charge is -2.34. The number of nitrogen functional groups attached to an aromatic ring is 1. The number of likely N-dealkylation sites (N-methyl/N-ethyl adjacent to an activating group) is 1. The van der Waals surface area contributed by atoms with Gasteiger partial charge in [-0.3, -0.25) is 4.57 Å². The molecular weight excluding hydrogens is 462 g/mol. The molecule has 2 N–H and O–H groups in total. The fourth-order valence-electron chi connectivity index (χ4n) is 4.44. The fraction of sp³-hybridized carbons (Fsp3) is 0.179. The largest absolute Gasteiger partial charge is 0.384 e. The molecule has 5 heterocycles. The molecule has 0 spiro atoms. The fourth-order valence-corrected chi connectivity index (χ4v) is 4.44. The molecule has 0 bridgehead atoms. The molecule has 1 saturated heterocycles. The van der Waals surface area contributed by atoms with E-state index in [1.54, 1.807) is 18.6 Å². The Morgan fingerprint density at radius 2 is 1.59 bits per heavy atom. The quantitative estimate of drug-likeness (QED) is 0.398. The number of hydrogen-bond donors (Lipinski definition) is 1. The molecule has 1 fully saturated rings. The Balaban J connectivity index is 1.25. The minimum atomic E-state index is 0.479. The Bertz CT molecular complexity index is 1580. The summed E-state index contributed by atoms with van der Waals surface area (Å²) in [4.78, 5) is 27.2. The summed E-state index contributed by atoms with van der Waals surface area (Å²) in [6.07, 6.45) is 13.1. The average Bonchev–Trinajstić information content (AvgIpc) is 3.36. The summed E-state index contributed by atoms with van der Waals surface area (Å²) in [6.45, 7) is 4.24. The summed E-state index contributed by atoms with van der Waals surface area (Å²) < 4.78 is 1.96. The molecule has 4 aromatic heterocycles. The van der Waals surface area contributed by atoms with Crippen LogP contribution in [0.2, 0.25) is 0 Å². The predicted molar refractivity (Wildman–Crippen MR) is 147 cm³/mol. The normalized spacial score (nSPS) is 14.6. The van der Waals surface area contributed by atoms with Crippen molar-refractivity contribution < 1.29 is 0 Å². The van der Waals surface area contributed by atoms with Crippen molar-refractivity contribution in [2.45, 2.75) is 0 Å². The molecule has 1 aromatic carbocycles. The first-order valence-electron chi connectivity index (χ1n) is 12.2. The lowest BCUT2D eigenvalue weighted by Crippen LogP contribution is -2.44. The zero-order chi connectivity index (χ0) is 25.2. The van der Waals surface area contributed by atoms with Gasteiger partial charge in [-0.05, 0) is 55.1 Å². The van der Waals surface area contributed by atoms with Crippen molar-refractivity contribution in [2.24, 2.45) is 0 Å². The van der Waals surface area contributed by atoms with Crippen LogP contribution in [0.1, 0.15) is 11.3 Å². The van der Waals surface area contributed by atoms with E-state index in [1.807, 2.05) is 41.0 Å². The van der Waals surface area contributed by atoms with Crippen molar-refractivity contribution in [3.63, 3.8) is 0 Å². The Hall–Kier alpha value is -4.63. The molecule has 0 amide bonds. The molecule has 0 unspecified atom stereocenters. The smallest absolute Gasteiger partial charge is 0.234 e. The molecule has 0 atom stereocenters. The molecule has 6 rings (SSSR count). The van der Waals surface area contributed by atoms with Gasteiger partial charge in [0.05, 0.1) is 5.69 Å². The highest BCUT2D eigenvalue weighted by Crippen LogP contribution is 2.25. The van der Waals surface area contributed by atoms with Crippen LogP contribution in [0.5, 0.6) is 0 Å². The first-order valence-corrected chi connectivity index (χ1v) is 12.2. The molecule has 5 aromatic rings. The van der Waals surface area contributed by atoms with E-state index in [2.05, 4.69) is 67.4 Å². The van der Waals surface area contributed by atoms with Crippen molar-refractivity contribution in [3.05, 3.63) is 84.7 Å². The van der Waals surface area contributed by atoms with Gasteiger partial charge in [-0.15, -0.1) is 0 Å². The first kappa shape index (κ1) is 22.8. The van der Waals surface area contributed by atoms with Crippen LogP contribution in [-0.2, 0) is 0 Å². The lowest BCUT2D eigenvalue weighted by molar-refractivity contribution is 0.313. The maximum absolute atomic E-state index is 5.77. The highest BCUT2D eigenvalue weighted by atomic mass is 15.2. The third kappa shape index (κ3) is 5.03. The number of nitrogens with zero attached hydrogens (tertiary/aromatic N) is 8. The standard InChI is InChI=1S/C28H27N9/c1-35-12-14-36(15-13-35)24-5-3-21-18-37(19-22(21)17-24)28-32-11-8-25(34-28)27-31-10-7-23(33-27)4-2-20-6-9-30-26(29)16-20/h2-11,16-19H,12-15H2,1H3,(H2,29,30)/b4-2+. The third-order valence-corrected chi connectivity index (χ3v) is 6.53. The van der Waals surface area contributed by atoms with Crippen molar-refractivity contribution in [3.8, 4) is 17.5 Å². The van der Waals surface area contributed by atoms with Crippen molar-refractivity contribution in [1.29, 1.82) is 0 Å². The molecule has 37 heavy (non-hydrogen) atoms. The minimum absolute atomic E-state index is 0.479. The van der Waals surface area contributed by atoms with Crippen LogP contribution in [0.3, 0.4) is 0 Å². The zero-order valence-corrected chi connectivity index (χ0v) is 20.6. The number of nitrogens with two attached hydrogens (primary N) is 1. The molecular formula is C28H27N9. The van der Waals surface area contributed by atoms with Crippen molar-refractivity contribution in [1.82, 2.24) is 34.4 Å². The summed E-state index contributed by atoms with van der Waals surface area (Å²) in [5.41, 5.74) is 9.40. The second-order valence-corrected chi connectivity index (χ2v) is 9.16. The van der Waals surface area contributed by atoms with E-state index in [4.69, 9.17) is 10.7 Å². The molecule has 1 aliphatic rings. The number of benzene rings is 1. The number of aromatic nitrogens is 6. The SMILES string of the molecule is CN1CCN(c2ccc3cn(-c4nccc(-c5nccc(/C=C/c6ccnc(N)c6)n5)n4)cc3c2)CC1. The van der Waals surface area contributed by atoms with E-state index < -0.39 is 0 Å². The average molecular weight is 490 g/mol. The number of fused-ring (bicyclic) bond motifs is 1. The molecule has 0 aliphatic carbocycles. The molecule has 9 heteroatoms. The van der Waals surface area contributed by atoms with E-state index in [0.717, 1.165) is 48.2 Å². The first-order chi connectivity index (χ1) is 18.1. The van der Waals surface area contributed by atoms with Gasteiger partial charge in [-0.1, -0.05) is 12.1 Å². The van der Waals surface area contributed by atoms with Crippen LogP contribution >= 0.6 is 0 Å². The second kappa shape index (κ2) is 9.79. The Labute approximate surface area is 215 Å². The van der Waals surface area contributed by atoms with Crippen LogP contribution in [-0.4, -0.2) is 67.6 Å². The number of pyridine rings is 1. The summed E-state index contributed by atoms with van der Waals surface area (Å²) in [6, 6.07) is 14.0. The van der Waals surface area contributed by atoms with E-state index in [9.17, 15) is 0 Å². The van der Waals surface area contributed by atoms with Gasteiger partial charge < -0.3 is 15.5 Å². The van der Waals surface area contributed by atoms with Gasteiger partial charge in [-0.25, -0.2) is 24.9 Å². The molecule has 0 saturated carbocycles. The van der Waals surface area contributed by atoms with Gasteiger partial charge >= 0.3 is 0 Å². The van der Waals surface area contributed by atoms with Gasteiger partial charge in [0.1, 0.15) is 11.5 Å². The van der Waals surface area contributed by atoms with Crippen molar-refractivity contribution >= 4 is 34.4 Å². The van der Waals surface area contributed by atoms with Crippen LogP contribution in [0.15, 0.2) is 73.4 Å². The lowest BCUT2D eigenvalue weighted by atomic mass is 10.2. The van der Waals surface area contributed by atoms with Gasteiger partial charge in [0, 0.05) is 73.6 Å². The van der Waals surface area contributed by atoms with E-state index >= 15 is 0 Å². The third-order valence-electron chi connectivity index (χ3n) is 6.53. The topological polar surface area (TPSA) is 102 Å². The number of piperazine rings is 1. The van der Waals surface area contributed by atoms with Crippen molar-refractivity contribution in [2.75, 3.05) is 43.9 Å². The van der Waals surface area contributed by atoms with E-state index in [0.29, 0.717) is 23.3 Å². The van der Waals surface area contributed by atoms with Gasteiger partial charge in [0.2, 0.25) is 5.95 Å².